The van der Waals surface area contributed by atoms with Crippen molar-refractivity contribution in [1.29, 1.82) is 0 Å². The van der Waals surface area contributed by atoms with E-state index >= 15 is 0 Å². The predicted octanol–water partition coefficient (Wildman–Crippen LogP) is 1.81. The number of hydrogen-bond donors (Lipinski definition) is 0. The largest absolute Gasteiger partial charge is 0.372 e. The number of nitrogens with zero attached hydrogens (tertiary/aromatic N) is 3. The lowest BCUT2D eigenvalue weighted by Gasteiger charge is -2.39. The topological polar surface area (TPSA) is 47.5 Å². The minimum Gasteiger partial charge on any atom is -0.372 e. The van der Waals surface area contributed by atoms with Gasteiger partial charge in [-0.3, -0.25) is 0 Å². The minimum absolute atomic E-state index is 0.0940. The van der Waals surface area contributed by atoms with E-state index in [4.69, 9.17) is 9.47 Å². The Kier molecular flexibility index (Phi) is 3.98. The lowest BCUT2D eigenvalue weighted by Crippen LogP contribution is -2.48. The normalized spacial score (nSPS) is 29.8. The van der Waals surface area contributed by atoms with Crippen molar-refractivity contribution in [2.75, 3.05) is 31.2 Å². The van der Waals surface area contributed by atoms with Crippen LogP contribution in [0.2, 0.25) is 0 Å². The highest BCUT2D eigenvalue weighted by molar-refractivity contribution is 5.31. The molecule has 0 bridgehead atoms. The third kappa shape index (κ3) is 2.83. The molecule has 0 aliphatic carbocycles. The van der Waals surface area contributed by atoms with Crippen molar-refractivity contribution in [3.63, 3.8) is 0 Å². The highest BCUT2D eigenvalue weighted by Gasteiger charge is 2.44. The van der Waals surface area contributed by atoms with Crippen LogP contribution in [0.25, 0.3) is 0 Å². The number of ether oxygens (including phenoxy) is 2. The second kappa shape index (κ2) is 5.89. The van der Waals surface area contributed by atoms with Crippen LogP contribution in [-0.2, 0) is 9.47 Å². The summed E-state index contributed by atoms with van der Waals surface area (Å²) in [6.45, 7) is 6.80. The van der Waals surface area contributed by atoms with Crippen LogP contribution in [0.4, 0.5) is 5.95 Å². The van der Waals surface area contributed by atoms with Gasteiger partial charge < -0.3 is 14.4 Å². The maximum atomic E-state index is 6.09. The Bertz CT molecular complexity index is 454. The van der Waals surface area contributed by atoms with E-state index in [1.807, 2.05) is 6.07 Å². The molecule has 2 aliphatic rings. The summed E-state index contributed by atoms with van der Waals surface area (Å²) in [5.74, 6) is 0.797. The van der Waals surface area contributed by atoms with Crippen LogP contribution in [0, 0.1) is 0 Å². The number of piperidine rings is 1. The predicted molar refractivity (Wildman–Crippen MR) is 76.7 cm³/mol. The molecule has 3 rings (SSSR count). The van der Waals surface area contributed by atoms with E-state index in [0.717, 1.165) is 38.3 Å². The zero-order valence-electron chi connectivity index (χ0n) is 11.7. The molecular weight excluding hydrogens is 254 g/mol. The van der Waals surface area contributed by atoms with Gasteiger partial charge >= 0.3 is 0 Å². The van der Waals surface area contributed by atoms with Gasteiger partial charge in [0.25, 0.3) is 0 Å². The highest BCUT2D eigenvalue weighted by atomic mass is 16.6. The Balaban J connectivity index is 1.65. The molecule has 0 saturated carbocycles. The van der Waals surface area contributed by atoms with Crippen molar-refractivity contribution in [3.05, 3.63) is 31.1 Å². The van der Waals surface area contributed by atoms with Gasteiger partial charge in [0.2, 0.25) is 5.95 Å². The van der Waals surface area contributed by atoms with Gasteiger partial charge in [-0.1, -0.05) is 6.08 Å². The lowest BCUT2D eigenvalue weighted by atomic mass is 9.89. The molecule has 2 saturated heterocycles. The van der Waals surface area contributed by atoms with Crippen LogP contribution < -0.4 is 4.90 Å². The smallest absolute Gasteiger partial charge is 0.225 e. The SMILES string of the molecule is C=CCOC1COC2(CCCN(c3ncccn3)C2)C1. The fourth-order valence-corrected chi connectivity index (χ4v) is 3.12. The summed E-state index contributed by atoms with van der Waals surface area (Å²) in [7, 11) is 0. The first-order valence-corrected chi connectivity index (χ1v) is 7.20. The zero-order valence-corrected chi connectivity index (χ0v) is 11.7. The van der Waals surface area contributed by atoms with E-state index in [1.54, 1.807) is 18.5 Å². The molecule has 0 aromatic carbocycles. The molecule has 5 nitrogen and oxygen atoms in total. The average Bonchev–Trinajstić information content (AvgIpc) is 2.89. The molecule has 108 valence electrons. The van der Waals surface area contributed by atoms with E-state index < -0.39 is 0 Å². The van der Waals surface area contributed by atoms with Crippen LogP contribution in [-0.4, -0.2) is 48.0 Å². The molecule has 2 unspecified atom stereocenters. The molecule has 0 amide bonds. The van der Waals surface area contributed by atoms with E-state index in [9.17, 15) is 0 Å². The molecule has 2 atom stereocenters. The molecule has 3 heterocycles. The van der Waals surface area contributed by atoms with E-state index in [0.29, 0.717) is 13.2 Å². The van der Waals surface area contributed by atoms with Gasteiger partial charge in [-0.25, -0.2) is 9.97 Å². The van der Waals surface area contributed by atoms with Gasteiger partial charge in [-0.15, -0.1) is 6.58 Å². The quantitative estimate of drug-likeness (QED) is 0.784. The fourth-order valence-electron chi connectivity index (χ4n) is 3.12. The van der Waals surface area contributed by atoms with Gasteiger partial charge in [-0.05, 0) is 18.9 Å². The van der Waals surface area contributed by atoms with Crippen molar-refractivity contribution >= 4 is 5.95 Å². The Labute approximate surface area is 119 Å². The van der Waals surface area contributed by atoms with Crippen molar-refractivity contribution in [1.82, 2.24) is 9.97 Å². The summed E-state index contributed by atoms with van der Waals surface area (Å²) < 4.78 is 11.8. The van der Waals surface area contributed by atoms with Crippen LogP contribution in [0.5, 0.6) is 0 Å². The van der Waals surface area contributed by atoms with Crippen LogP contribution >= 0.6 is 0 Å². The molecular formula is C15H21N3O2. The first kappa shape index (κ1) is 13.5. The van der Waals surface area contributed by atoms with Crippen molar-refractivity contribution in [3.8, 4) is 0 Å². The Morgan fingerprint density at radius 2 is 2.35 bits per heavy atom. The lowest BCUT2D eigenvalue weighted by molar-refractivity contribution is -0.0113. The third-order valence-electron chi connectivity index (χ3n) is 4.00. The summed E-state index contributed by atoms with van der Waals surface area (Å²) in [5, 5.41) is 0. The van der Waals surface area contributed by atoms with E-state index in [1.165, 1.54) is 0 Å². The Morgan fingerprint density at radius 3 is 3.15 bits per heavy atom. The number of rotatable bonds is 4. The Morgan fingerprint density at radius 1 is 1.50 bits per heavy atom. The van der Waals surface area contributed by atoms with Crippen molar-refractivity contribution in [2.45, 2.75) is 31.0 Å². The van der Waals surface area contributed by atoms with Gasteiger partial charge in [0.05, 0.1) is 24.9 Å². The molecule has 2 aliphatic heterocycles. The average molecular weight is 275 g/mol. The van der Waals surface area contributed by atoms with Crippen molar-refractivity contribution < 1.29 is 9.47 Å². The third-order valence-corrected chi connectivity index (χ3v) is 4.00. The molecule has 5 heteroatoms. The second-order valence-corrected chi connectivity index (χ2v) is 5.52. The number of anilines is 1. The first-order valence-electron chi connectivity index (χ1n) is 7.20. The van der Waals surface area contributed by atoms with Crippen molar-refractivity contribution in [2.24, 2.45) is 0 Å². The summed E-state index contributed by atoms with van der Waals surface area (Å²) in [6, 6.07) is 1.84. The van der Waals surface area contributed by atoms with Gasteiger partial charge in [0.15, 0.2) is 0 Å². The molecule has 0 radical (unpaired) electrons. The van der Waals surface area contributed by atoms with Gasteiger partial charge in [0.1, 0.15) is 0 Å². The molecule has 20 heavy (non-hydrogen) atoms. The summed E-state index contributed by atoms with van der Waals surface area (Å²) in [5.41, 5.74) is -0.0940. The monoisotopic (exact) mass is 275 g/mol. The summed E-state index contributed by atoms with van der Waals surface area (Å²) >= 11 is 0. The second-order valence-electron chi connectivity index (χ2n) is 5.52. The molecule has 2 fully saturated rings. The maximum absolute atomic E-state index is 6.09. The van der Waals surface area contributed by atoms with Crippen LogP contribution in [0.15, 0.2) is 31.1 Å². The van der Waals surface area contributed by atoms with Crippen LogP contribution in [0.3, 0.4) is 0 Å². The van der Waals surface area contributed by atoms with E-state index in [-0.39, 0.29) is 11.7 Å². The zero-order chi connectivity index (χ0) is 13.8. The Hall–Kier alpha value is -1.46. The van der Waals surface area contributed by atoms with E-state index in [2.05, 4.69) is 21.4 Å². The summed E-state index contributed by atoms with van der Waals surface area (Å²) in [6.07, 6.45) is 8.69. The first-order chi connectivity index (χ1) is 9.81. The minimum atomic E-state index is -0.0940. The van der Waals surface area contributed by atoms with Gasteiger partial charge in [-0.2, -0.15) is 0 Å². The molecule has 1 aromatic heterocycles. The number of aromatic nitrogens is 2. The molecule has 0 N–H and O–H groups in total. The highest BCUT2D eigenvalue weighted by Crippen LogP contribution is 2.36. The number of hydrogen-bond acceptors (Lipinski definition) is 5. The maximum Gasteiger partial charge on any atom is 0.225 e. The standard InChI is InChI=1S/C15H21N3O2/c1-2-9-19-13-10-15(20-11-13)5-3-8-18(12-15)14-16-6-4-7-17-14/h2,4,6-7,13H,1,3,5,8-12H2. The summed E-state index contributed by atoms with van der Waals surface area (Å²) in [4.78, 5) is 10.9. The van der Waals surface area contributed by atoms with Crippen LogP contribution in [0.1, 0.15) is 19.3 Å². The fraction of sp³-hybridized carbons (Fsp3) is 0.600. The molecule has 1 spiro atoms. The molecule has 1 aromatic rings. The van der Waals surface area contributed by atoms with Gasteiger partial charge in [0, 0.05) is 31.9 Å².